The van der Waals surface area contributed by atoms with E-state index in [0.717, 1.165) is 17.1 Å². The molecule has 0 aliphatic carbocycles. The van der Waals surface area contributed by atoms with Crippen molar-refractivity contribution in [3.8, 4) is 17.1 Å². The average Bonchev–Trinajstić information content (AvgIpc) is 2.45. The fourth-order valence-electron chi connectivity index (χ4n) is 2.40. The van der Waals surface area contributed by atoms with Gasteiger partial charge in [0.1, 0.15) is 5.82 Å². The molecule has 1 aromatic heterocycles. The number of hydrogen-bond donors (Lipinski definition) is 1. The Kier molecular flexibility index (Phi) is 4.40. The summed E-state index contributed by atoms with van der Waals surface area (Å²) in [5.74, 6) is 1.39. The topological polar surface area (TPSA) is 47.0 Å². The highest BCUT2D eigenvalue weighted by molar-refractivity contribution is 5.61. The fraction of sp³-hybridized carbons (Fsp3) is 0.375. The molecular weight excluding hydrogens is 269 g/mol. The Morgan fingerprint density at radius 3 is 2.48 bits per heavy atom. The fourth-order valence-corrected chi connectivity index (χ4v) is 2.40. The predicted molar refractivity (Wildman–Crippen MR) is 82.4 cm³/mol. The Balaban J connectivity index is 2.55. The number of halogens is 1. The van der Waals surface area contributed by atoms with Crippen molar-refractivity contribution in [1.29, 1.82) is 0 Å². The molecule has 0 fully saturated rings. The van der Waals surface area contributed by atoms with Crippen molar-refractivity contribution in [2.75, 3.05) is 19.5 Å². The maximum absolute atomic E-state index is 13.8. The van der Waals surface area contributed by atoms with Gasteiger partial charge in [0, 0.05) is 23.9 Å². The van der Waals surface area contributed by atoms with E-state index < -0.39 is 5.82 Å². The first kappa shape index (κ1) is 15.2. The van der Waals surface area contributed by atoms with E-state index in [2.05, 4.69) is 29.1 Å². The molecule has 0 spiro atoms. The Bertz CT molecular complexity index is 656. The van der Waals surface area contributed by atoms with Gasteiger partial charge in [-0.25, -0.2) is 14.4 Å². The monoisotopic (exact) mass is 289 g/mol. The van der Waals surface area contributed by atoms with Crippen molar-refractivity contribution in [1.82, 2.24) is 9.97 Å². The zero-order chi connectivity index (χ0) is 15.6. The highest BCUT2D eigenvalue weighted by Crippen LogP contribution is 2.29. The van der Waals surface area contributed by atoms with Gasteiger partial charge in [-0.15, -0.1) is 0 Å². The molecule has 5 heteroatoms. The van der Waals surface area contributed by atoms with E-state index in [0.29, 0.717) is 17.3 Å². The normalized spacial score (nSPS) is 10.8. The van der Waals surface area contributed by atoms with Gasteiger partial charge >= 0.3 is 0 Å². The van der Waals surface area contributed by atoms with Crippen molar-refractivity contribution in [3.63, 3.8) is 0 Å². The number of aryl methyl sites for hydroxylation is 1. The molecule has 4 nitrogen and oxygen atoms in total. The van der Waals surface area contributed by atoms with Gasteiger partial charge in [0.15, 0.2) is 17.4 Å². The molecule has 0 saturated heterocycles. The minimum Gasteiger partial charge on any atom is -0.494 e. The average molecular weight is 289 g/mol. The lowest BCUT2D eigenvalue weighted by atomic mass is 10.0. The highest BCUT2D eigenvalue weighted by Gasteiger charge is 2.15. The second-order valence-electron chi connectivity index (χ2n) is 5.15. The quantitative estimate of drug-likeness (QED) is 0.931. The second kappa shape index (κ2) is 6.08. The van der Waals surface area contributed by atoms with E-state index >= 15 is 0 Å². The van der Waals surface area contributed by atoms with E-state index in [1.165, 1.54) is 13.2 Å². The molecule has 0 aliphatic heterocycles. The molecule has 112 valence electrons. The molecule has 0 atom stereocenters. The first-order chi connectivity index (χ1) is 9.97. The minimum absolute atomic E-state index is 0.211. The van der Waals surface area contributed by atoms with Crippen molar-refractivity contribution in [2.24, 2.45) is 0 Å². The number of rotatable bonds is 4. The van der Waals surface area contributed by atoms with Gasteiger partial charge in [-0.05, 0) is 31.0 Å². The van der Waals surface area contributed by atoms with Crippen LogP contribution in [0.4, 0.5) is 10.2 Å². The van der Waals surface area contributed by atoms with Crippen LogP contribution >= 0.6 is 0 Å². The van der Waals surface area contributed by atoms with Crippen molar-refractivity contribution < 1.29 is 9.13 Å². The van der Waals surface area contributed by atoms with Crippen LogP contribution in [0.5, 0.6) is 5.75 Å². The molecule has 0 unspecified atom stereocenters. The van der Waals surface area contributed by atoms with Crippen LogP contribution in [0.2, 0.25) is 0 Å². The number of nitrogens with one attached hydrogen (secondary N) is 1. The molecule has 0 aliphatic rings. The molecule has 1 aromatic carbocycles. The highest BCUT2D eigenvalue weighted by atomic mass is 19.1. The number of benzene rings is 1. The molecule has 0 amide bonds. The third-order valence-electron chi connectivity index (χ3n) is 3.36. The van der Waals surface area contributed by atoms with Gasteiger partial charge in [-0.2, -0.15) is 0 Å². The third-order valence-corrected chi connectivity index (χ3v) is 3.36. The lowest BCUT2D eigenvalue weighted by Gasteiger charge is -2.15. The summed E-state index contributed by atoms with van der Waals surface area (Å²) in [4.78, 5) is 9.02. The van der Waals surface area contributed by atoms with E-state index in [1.54, 1.807) is 12.1 Å². The zero-order valence-electron chi connectivity index (χ0n) is 13.0. The largest absolute Gasteiger partial charge is 0.494 e. The Morgan fingerprint density at radius 1 is 1.24 bits per heavy atom. The maximum Gasteiger partial charge on any atom is 0.165 e. The van der Waals surface area contributed by atoms with Crippen LogP contribution in [0.15, 0.2) is 18.2 Å². The standard InChI is InChI=1S/C16H20FN3O/c1-9(2)14-10(3)19-15(20-16(14)18-4)11-6-7-13(21-5)12(17)8-11/h6-9H,1-5H3,(H,18,19,20). The number of nitrogens with zero attached hydrogens (tertiary/aromatic N) is 2. The SMILES string of the molecule is CNc1nc(-c2ccc(OC)c(F)c2)nc(C)c1C(C)C. The van der Waals surface area contributed by atoms with E-state index in [1.807, 2.05) is 14.0 Å². The Hall–Kier alpha value is -2.17. The van der Waals surface area contributed by atoms with Crippen LogP contribution < -0.4 is 10.1 Å². The number of aromatic nitrogens is 2. The van der Waals surface area contributed by atoms with Crippen LogP contribution in [0, 0.1) is 12.7 Å². The number of anilines is 1. The van der Waals surface area contributed by atoms with E-state index in [9.17, 15) is 4.39 Å². The Labute approximate surface area is 124 Å². The third kappa shape index (κ3) is 2.96. The second-order valence-corrected chi connectivity index (χ2v) is 5.15. The molecule has 21 heavy (non-hydrogen) atoms. The number of ether oxygens (including phenoxy) is 1. The summed E-state index contributed by atoms with van der Waals surface area (Å²) < 4.78 is 18.8. The molecule has 0 saturated carbocycles. The van der Waals surface area contributed by atoms with Crippen LogP contribution in [0.1, 0.15) is 31.0 Å². The summed E-state index contributed by atoms with van der Waals surface area (Å²) in [6, 6.07) is 4.73. The van der Waals surface area contributed by atoms with Crippen LogP contribution in [0.3, 0.4) is 0 Å². The first-order valence-corrected chi connectivity index (χ1v) is 6.88. The Morgan fingerprint density at radius 2 is 1.95 bits per heavy atom. The van der Waals surface area contributed by atoms with Gasteiger partial charge in [0.05, 0.1) is 7.11 Å². The molecule has 2 aromatic rings. The van der Waals surface area contributed by atoms with E-state index in [-0.39, 0.29) is 5.75 Å². The minimum atomic E-state index is -0.421. The smallest absolute Gasteiger partial charge is 0.165 e. The summed E-state index contributed by atoms with van der Waals surface area (Å²) in [5, 5.41) is 3.10. The maximum atomic E-state index is 13.8. The first-order valence-electron chi connectivity index (χ1n) is 6.88. The summed E-state index contributed by atoms with van der Waals surface area (Å²) in [7, 11) is 3.27. The molecule has 1 heterocycles. The van der Waals surface area contributed by atoms with Gasteiger partial charge in [0.2, 0.25) is 0 Å². The number of methoxy groups -OCH3 is 1. The van der Waals surface area contributed by atoms with Crippen LogP contribution in [-0.2, 0) is 0 Å². The van der Waals surface area contributed by atoms with Crippen molar-refractivity contribution in [2.45, 2.75) is 26.7 Å². The van der Waals surface area contributed by atoms with Crippen molar-refractivity contribution in [3.05, 3.63) is 35.3 Å². The summed E-state index contributed by atoms with van der Waals surface area (Å²) in [6.45, 7) is 6.14. The van der Waals surface area contributed by atoms with Crippen LogP contribution in [0.25, 0.3) is 11.4 Å². The van der Waals surface area contributed by atoms with Crippen molar-refractivity contribution >= 4 is 5.82 Å². The van der Waals surface area contributed by atoms with E-state index in [4.69, 9.17) is 4.74 Å². The molecular formula is C16H20FN3O. The molecule has 0 bridgehead atoms. The van der Waals surface area contributed by atoms with Gasteiger partial charge in [0.25, 0.3) is 0 Å². The summed E-state index contributed by atoms with van der Waals surface area (Å²) >= 11 is 0. The van der Waals surface area contributed by atoms with Crippen LogP contribution in [-0.4, -0.2) is 24.1 Å². The van der Waals surface area contributed by atoms with Gasteiger partial charge in [-0.3, -0.25) is 0 Å². The predicted octanol–water partition coefficient (Wildman–Crippen LogP) is 3.76. The number of hydrogen-bond acceptors (Lipinski definition) is 4. The lowest BCUT2D eigenvalue weighted by molar-refractivity contribution is 0.386. The lowest BCUT2D eigenvalue weighted by Crippen LogP contribution is -2.07. The van der Waals surface area contributed by atoms with Gasteiger partial charge in [-0.1, -0.05) is 13.8 Å². The zero-order valence-corrected chi connectivity index (χ0v) is 13.0. The summed E-state index contributed by atoms with van der Waals surface area (Å²) in [5.41, 5.74) is 2.61. The molecule has 2 rings (SSSR count). The molecule has 1 N–H and O–H groups in total. The summed E-state index contributed by atoms with van der Waals surface area (Å²) in [6.07, 6.45) is 0. The van der Waals surface area contributed by atoms with Gasteiger partial charge < -0.3 is 10.1 Å². The molecule has 0 radical (unpaired) electrons.